The van der Waals surface area contributed by atoms with E-state index in [1.807, 2.05) is 24.4 Å². The van der Waals surface area contributed by atoms with Gasteiger partial charge in [-0.25, -0.2) is 4.98 Å². The van der Waals surface area contributed by atoms with E-state index in [-0.39, 0.29) is 59.8 Å². The Labute approximate surface area is 404 Å². The molecule has 318 valence electrons. The molecule has 0 spiro atoms. The first-order chi connectivity index (χ1) is 34.7. The van der Waals surface area contributed by atoms with Gasteiger partial charge in [0.2, 0.25) is 0 Å². The van der Waals surface area contributed by atoms with Crippen molar-refractivity contribution in [3.63, 3.8) is 0 Å². The number of rotatable bonds is 10. The van der Waals surface area contributed by atoms with Gasteiger partial charge >= 0.3 is 0 Å². The summed E-state index contributed by atoms with van der Waals surface area (Å²) >= 11 is 0. The van der Waals surface area contributed by atoms with Crippen LogP contribution in [0.5, 0.6) is 11.5 Å². The van der Waals surface area contributed by atoms with E-state index in [2.05, 4.69) is 112 Å². The van der Waals surface area contributed by atoms with Crippen LogP contribution in [0.25, 0.3) is 61.3 Å². The second kappa shape index (κ2) is 17.4. The van der Waals surface area contributed by atoms with Crippen molar-refractivity contribution in [1.82, 2.24) is 14.1 Å². The predicted molar refractivity (Wildman–Crippen MR) is 255 cm³/mol. The fraction of sp³-hybridized carbons (Fsp3) is 0.138. The fourth-order valence-corrected chi connectivity index (χ4v) is 8.19. The Kier molecular flexibility index (Phi) is 8.68. The summed E-state index contributed by atoms with van der Waals surface area (Å²) in [6, 6.07) is 37.0. The van der Waals surface area contributed by atoms with E-state index in [1.165, 1.54) is 15.7 Å². The van der Waals surface area contributed by atoms with Crippen LogP contribution in [0, 0.1) is 18.5 Å². The van der Waals surface area contributed by atoms with E-state index in [0.717, 1.165) is 39.6 Å². The Morgan fingerprint density at radius 2 is 1.36 bits per heavy atom. The fourth-order valence-electron chi connectivity index (χ4n) is 8.19. The van der Waals surface area contributed by atoms with Crippen molar-refractivity contribution in [3.8, 4) is 50.9 Å². The number of para-hydroxylation sites is 1. The molecule has 0 bridgehead atoms. The zero-order valence-electron chi connectivity index (χ0n) is 45.8. The molecule has 3 heterocycles. The number of aromatic nitrogens is 4. The Balaban J connectivity index is 0.00000672. The smallest absolute Gasteiger partial charge is 0.267 e. The van der Waals surface area contributed by atoms with Gasteiger partial charge in [0.15, 0.2) is 0 Å². The number of fused-ring (bicyclic) bond motifs is 3. The molecule has 5 nitrogen and oxygen atoms in total. The summed E-state index contributed by atoms with van der Waals surface area (Å²) < 4.78 is 97.7. The molecule has 0 atom stereocenters. The van der Waals surface area contributed by atoms with Crippen LogP contribution in [0.4, 0.5) is 0 Å². The molecule has 0 saturated carbocycles. The Morgan fingerprint density at radius 3 is 2.06 bits per heavy atom. The zero-order chi connectivity index (χ0) is 51.8. The van der Waals surface area contributed by atoms with Crippen molar-refractivity contribution in [1.29, 1.82) is 0 Å². The minimum absolute atomic E-state index is 0. The molecule has 6 heteroatoms. The average molecular weight is 1020 g/mol. The van der Waals surface area contributed by atoms with Gasteiger partial charge in [-0.05, 0) is 85.5 Å². The minimum Gasteiger partial charge on any atom is -0.510 e. The first-order valence-corrected chi connectivity index (χ1v) is 20.8. The monoisotopic (exact) mass is 1020 g/mol. The summed E-state index contributed by atoms with van der Waals surface area (Å²) in [7, 11) is 0. The number of benzene rings is 7. The molecule has 0 saturated heterocycles. The molecule has 10 rings (SSSR count). The number of hydrogen-bond acceptors (Lipinski definition) is 2. The quantitative estimate of drug-likeness (QED) is 0.101. The van der Waals surface area contributed by atoms with Gasteiger partial charge in [-0.2, -0.15) is 18.2 Å². The summed E-state index contributed by atoms with van der Waals surface area (Å²) in [5, 5.41) is 2.05. The molecule has 0 radical (unpaired) electrons. The topological polar surface area (TPSA) is 35.9 Å². The van der Waals surface area contributed by atoms with Gasteiger partial charge in [-0.15, -0.1) is 29.7 Å². The Morgan fingerprint density at radius 1 is 0.672 bits per heavy atom. The molecule has 7 aromatic carbocycles. The predicted octanol–water partition coefficient (Wildman–Crippen LogP) is 13.6. The van der Waals surface area contributed by atoms with Crippen LogP contribution in [0.1, 0.15) is 65.0 Å². The SMILES string of the molecule is [2H]c1c([2H])c([2H])c(-c2cccc(-c3c([2H])c([2H])c([2H])c([2H])c3[2H])c2-[n+]2[c-]n(-c3[c-]c(Oc4[c-]c5c(cc4)c4cc(C(C)(C)C)ccc4n5-c4cc(CC(C)(C)c5ccccc5)ccn4)ccc3)cc2)c([2H])c1[2H].[Pt]. The standard InChI is InChI=1S/C58H48N4O.Pt/c1-57(2,3)45-27-30-53-52(36-45)51-29-28-48(38-54(51)62(53)55-35-41(31-32-59-55)39-58(4,5)44-21-13-8-14-22-44)63-47-24-15-23-46(37-47)60-33-34-61(40-60)56-49(42-17-9-6-10-18-42)25-16-26-50(56)43-19-11-7-12-20-43;/h6-36H,39H2,1-5H3;/q-2;/i6D,7D,9D,10D,11D,12D,17D,18D,19D,20D;. The number of hydrogen-bond donors (Lipinski definition) is 0. The van der Waals surface area contributed by atoms with Crippen LogP contribution in [-0.4, -0.2) is 14.1 Å². The van der Waals surface area contributed by atoms with Crippen LogP contribution in [-0.2, 0) is 38.3 Å². The van der Waals surface area contributed by atoms with Gasteiger partial charge in [0.1, 0.15) is 5.82 Å². The third kappa shape index (κ3) is 8.36. The summed E-state index contributed by atoms with van der Waals surface area (Å²) in [6.45, 7) is 11.1. The molecule has 0 amide bonds. The van der Waals surface area contributed by atoms with Gasteiger partial charge in [-0.3, -0.25) is 4.57 Å². The molecule has 0 aliphatic heterocycles. The number of nitrogens with zero attached hydrogens (tertiary/aromatic N) is 4. The molecule has 0 unspecified atom stereocenters. The van der Waals surface area contributed by atoms with Gasteiger partial charge < -0.3 is 13.9 Å². The van der Waals surface area contributed by atoms with Gasteiger partial charge in [0.05, 0.1) is 19.4 Å². The van der Waals surface area contributed by atoms with Crippen LogP contribution < -0.4 is 9.30 Å². The Bertz CT molecular complexity index is 3700. The number of imidazole rings is 1. The van der Waals surface area contributed by atoms with Gasteiger partial charge in [-0.1, -0.05) is 161 Å². The maximum Gasteiger partial charge on any atom is 0.267 e. The molecule has 0 fully saturated rings. The second-order valence-corrected chi connectivity index (χ2v) is 17.2. The van der Waals surface area contributed by atoms with E-state index in [0.29, 0.717) is 17.2 Å². The maximum atomic E-state index is 8.88. The van der Waals surface area contributed by atoms with Gasteiger partial charge in [0.25, 0.3) is 6.33 Å². The number of pyridine rings is 1. The van der Waals surface area contributed by atoms with Crippen LogP contribution in [0.15, 0.2) is 188 Å². The first-order valence-electron chi connectivity index (χ1n) is 25.8. The van der Waals surface area contributed by atoms with E-state index >= 15 is 0 Å². The molecular formula is C58H48N4OPt-2. The Hall–Kier alpha value is -6.81. The van der Waals surface area contributed by atoms with E-state index in [9.17, 15) is 0 Å². The zero-order valence-corrected chi connectivity index (χ0v) is 38.1. The van der Waals surface area contributed by atoms with Crippen LogP contribution in [0.3, 0.4) is 0 Å². The van der Waals surface area contributed by atoms with Gasteiger partial charge in [0, 0.05) is 56.7 Å². The molecule has 10 aromatic rings. The van der Waals surface area contributed by atoms with Crippen molar-refractivity contribution in [3.05, 3.63) is 223 Å². The molecule has 0 N–H and O–H groups in total. The largest absolute Gasteiger partial charge is 0.510 e. The van der Waals surface area contributed by atoms with E-state index in [4.69, 9.17) is 23.4 Å². The van der Waals surface area contributed by atoms with Crippen LogP contribution >= 0.6 is 0 Å². The van der Waals surface area contributed by atoms with Crippen molar-refractivity contribution in [2.45, 2.75) is 51.9 Å². The summed E-state index contributed by atoms with van der Waals surface area (Å²) in [5.74, 6) is 1.55. The van der Waals surface area contributed by atoms with Crippen molar-refractivity contribution >= 4 is 21.8 Å². The van der Waals surface area contributed by atoms with Crippen molar-refractivity contribution < 1.29 is 44.1 Å². The molecule has 64 heavy (non-hydrogen) atoms. The molecular weight excluding hydrogens is 964 g/mol. The third-order valence-electron chi connectivity index (χ3n) is 11.4. The molecule has 0 aliphatic carbocycles. The maximum absolute atomic E-state index is 8.88. The second-order valence-electron chi connectivity index (χ2n) is 17.2. The van der Waals surface area contributed by atoms with Crippen molar-refractivity contribution in [2.24, 2.45) is 0 Å². The summed E-state index contributed by atoms with van der Waals surface area (Å²) in [6.07, 6.45) is 9.19. The van der Waals surface area contributed by atoms with E-state index < -0.39 is 60.4 Å². The molecule has 3 aromatic heterocycles. The average Bonchev–Trinajstić information content (AvgIpc) is 3.99. The normalized spacial score (nSPS) is 14.0. The molecule has 0 aliphatic rings. The minimum atomic E-state index is -0.569. The number of ether oxygens (including phenoxy) is 1. The van der Waals surface area contributed by atoms with E-state index in [1.54, 1.807) is 53.4 Å². The summed E-state index contributed by atoms with van der Waals surface area (Å²) in [5.41, 5.74) is 5.83. The third-order valence-corrected chi connectivity index (χ3v) is 11.4. The summed E-state index contributed by atoms with van der Waals surface area (Å²) in [4.78, 5) is 4.93. The van der Waals surface area contributed by atoms with Crippen LogP contribution in [0.2, 0.25) is 0 Å². The van der Waals surface area contributed by atoms with Crippen molar-refractivity contribution in [2.75, 3.05) is 0 Å². The first kappa shape index (κ1) is 31.9.